The number of methoxy groups -OCH3 is 1. The highest BCUT2D eigenvalue weighted by molar-refractivity contribution is 7.98. The Balaban J connectivity index is 1.87. The van der Waals surface area contributed by atoms with Crippen LogP contribution in [0.3, 0.4) is 0 Å². The van der Waals surface area contributed by atoms with E-state index >= 15 is 0 Å². The molecule has 1 fully saturated rings. The van der Waals surface area contributed by atoms with Gasteiger partial charge in [-0.3, -0.25) is 0 Å². The Morgan fingerprint density at radius 3 is 3.11 bits per heavy atom. The standard InChI is InChI=1S/C14H17NO2S/c1-16-14-5-4-11(7-12(14)8-15)9-18-10-13-3-2-6-17-13/h4-5,7,13H,2-3,6,9-10H2,1H3. The molecular weight excluding hydrogens is 246 g/mol. The van der Waals surface area contributed by atoms with E-state index in [9.17, 15) is 0 Å². The van der Waals surface area contributed by atoms with E-state index in [2.05, 4.69) is 6.07 Å². The van der Waals surface area contributed by atoms with Crippen LogP contribution in [0.2, 0.25) is 0 Å². The van der Waals surface area contributed by atoms with Crippen LogP contribution in [0.1, 0.15) is 24.0 Å². The summed E-state index contributed by atoms with van der Waals surface area (Å²) in [4.78, 5) is 0. The Morgan fingerprint density at radius 2 is 2.44 bits per heavy atom. The maximum Gasteiger partial charge on any atom is 0.136 e. The molecule has 3 nitrogen and oxygen atoms in total. The van der Waals surface area contributed by atoms with Gasteiger partial charge in [-0.2, -0.15) is 17.0 Å². The number of thioether (sulfide) groups is 1. The summed E-state index contributed by atoms with van der Waals surface area (Å²) in [6.45, 7) is 0.909. The van der Waals surface area contributed by atoms with Crippen molar-refractivity contribution in [3.63, 3.8) is 0 Å². The second-order valence-corrected chi connectivity index (χ2v) is 5.33. The summed E-state index contributed by atoms with van der Waals surface area (Å²) in [5.74, 6) is 2.59. The Hall–Kier alpha value is -1.18. The Morgan fingerprint density at radius 1 is 1.56 bits per heavy atom. The molecule has 0 radical (unpaired) electrons. The van der Waals surface area contributed by atoms with Crippen LogP contribution in [-0.2, 0) is 10.5 Å². The molecular formula is C14H17NO2S. The van der Waals surface area contributed by atoms with Crippen molar-refractivity contribution in [1.29, 1.82) is 5.26 Å². The summed E-state index contributed by atoms with van der Waals surface area (Å²) in [7, 11) is 1.59. The molecule has 1 aliphatic heterocycles. The molecule has 1 aromatic carbocycles. The number of rotatable bonds is 5. The number of benzene rings is 1. The van der Waals surface area contributed by atoms with Crippen LogP contribution in [-0.4, -0.2) is 25.6 Å². The summed E-state index contributed by atoms with van der Waals surface area (Å²) in [5.41, 5.74) is 1.77. The lowest BCUT2D eigenvalue weighted by Gasteiger charge is -2.09. The van der Waals surface area contributed by atoms with Crippen molar-refractivity contribution in [3.8, 4) is 11.8 Å². The first kappa shape index (κ1) is 13.3. The molecule has 1 aliphatic rings. The highest BCUT2D eigenvalue weighted by Gasteiger charge is 2.15. The van der Waals surface area contributed by atoms with Gasteiger partial charge in [0, 0.05) is 18.1 Å². The molecule has 1 heterocycles. The van der Waals surface area contributed by atoms with Crippen molar-refractivity contribution in [2.45, 2.75) is 24.7 Å². The Bertz CT molecular complexity index is 436. The van der Waals surface area contributed by atoms with Crippen molar-refractivity contribution in [1.82, 2.24) is 0 Å². The zero-order valence-electron chi connectivity index (χ0n) is 10.5. The van der Waals surface area contributed by atoms with Crippen molar-refractivity contribution in [3.05, 3.63) is 29.3 Å². The molecule has 1 aromatic rings. The predicted octanol–water partition coefficient (Wildman–Crippen LogP) is 2.98. The van der Waals surface area contributed by atoms with Crippen LogP contribution < -0.4 is 4.74 Å². The third-order valence-electron chi connectivity index (χ3n) is 2.98. The van der Waals surface area contributed by atoms with Gasteiger partial charge in [0.2, 0.25) is 0 Å². The topological polar surface area (TPSA) is 42.2 Å². The first-order valence-corrected chi connectivity index (χ1v) is 7.25. The number of hydrogen-bond donors (Lipinski definition) is 0. The summed E-state index contributed by atoms with van der Waals surface area (Å²) >= 11 is 1.86. The van der Waals surface area contributed by atoms with Crippen molar-refractivity contribution >= 4 is 11.8 Å². The van der Waals surface area contributed by atoms with Crippen LogP contribution in [0.5, 0.6) is 5.75 Å². The quantitative estimate of drug-likeness (QED) is 0.819. The van der Waals surface area contributed by atoms with E-state index in [4.69, 9.17) is 14.7 Å². The minimum atomic E-state index is 0.420. The van der Waals surface area contributed by atoms with E-state index in [1.54, 1.807) is 7.11 Å². The Labute approximate surface area is 112 Å². The lowest BCUT2D eigenvalue weighted by atomic mass is 10.1. The van der Waals surface area contributed by atoms with Crippen molar-refractivity contribution in [2.75, 3.05) is 19.5 Å². The van der Waals surface area contributed by atoms with Crippen LogP contribution >= 0.6 is 11.8 Å². The predicted molar refractivity (Wildman–Crippen MR) is 72.8 cm³/mol. The van der Waals surface area contributed by atoms with Gasteiger partial charge in [0.15, 0.2) is 0 Å². The van der Waals surface area contributed by atoms with E-state index in [1.165, 1.54) is 12.8 Å². The molecule has 0 aliphatic carbocycles. The summed E-state index contributed by atoms with van der Waals surface area (Å²) < 4.78 is 10.7. The summed E-state index contributed by atoms with van der Waals surface area (Å²) in [5, 5.41) is 9.02. The van der Waals surface area contributed by atoms with E-state index in [1.807, 2.05) is 30.0 Å². The molecule has 0 saturated carbocycles. The van der Waals surface area contributed by atoms with E-state index in [-0.39, 0.29) is 0 Å². The van der Waals surface area contributed by atoms with Gasteiger partial charge in [-0.1, -0.05) is 6.07 Å². The maximum atomic E-state index is 9.02. The first-order chi connectivity index (χ1) is 8.83. The van der Waals surface area contributed by atoms with Gasteiger partial charge in [-0.25, -0.2) is 0 Å². The molecule has 2 rings (SSSR count). The van der Waals surface area contributed by atoms with E-state index < -0.39 is 0 Å². The van der Waals surface area contributed by atoms with Crippen molar-refractivity contribution in [2.24, 2.45) is 0 Å². The normalized spacial score (nSPS) is 18.6. The maximum absolute atomic E-state index is 9.02. The van der Waals surface area contributed by atoms with Gasteiger partial charge in [0.1, 0.15) is 11.8 Å². The van der Waals surface area contributed by atoms with Gasteiger partial charge in [0.05, 0.1) is 18.8 Å². The Kier molecular flexibility index (Phi) is 4.91. The second kappa shape index (κ2) is 6.67. The summed E-state index contributed by atoms with van der Waals surface area (Å²) in [6, 6.07) is 7.94. The molecule has 1 saturated heterocycles. The zero-order chi connectivity index (χ0) is 12.8. The van der Waals surface area contributed by atoms with Crippen LogP contribution in [0.15, 0.2) is 18.2 Å². The fourth-order valence-corrected chi connectivity index (χ4v) is 3.08. The third kappa shape index (κ3) is 3.41. The highest BCUT2D eigenvalue weighted by atomic mass is 32.2. The number of hydrogen-bond acceptors (Lipinski definition) is 4. The van der Waals surface area contributed by atoms with Gasteiger partial charge < -0.3 is 9.47 Å². The molecule has 96 valence electrons. The SMILES string of the molecule is COc1ccc(CSCC2CCCO2)cc1C#N. The van der Waals surface area contributed by atoms with Gasteiger partial charge in [-0.15, -0.1) is 0 Å². The molecule has 0 N–H and O–H groups in total. The molecule has 1 atom stereocenters. The fourth-order valence-electron chi connectivity index (χ4n) is 2.02. The largest absolute Gasteiger partial charge is 0.495 e. The van der Waals surface area contributed by atoms with Gasteiger partial charge in [0.25, 0.3) is 0 Å². The van der Waals surface area contributed by atoms with Crippen LogP contribution in [0.25, 0.3) is 0 Å². The third-order valence-corrected chi connectivity index (χ3v) is 4.13. The molecule has 0 amide bonds. The highest BCUT2D eigenvalue weighted by Crippen LogP contribution is 2.23. The minimum absolute atomic E-state index is 0.420. The molecule has 0 bridgehead atoms. The average Bonchev–Trinajstić information content (AvgIpc) is 2.91. The monoisotopic (exact) mass is 263 g/mol. The fraction of sp³-hybridized carbons (Fsp3) is 0.500. The number of ether oxygens (including phenoxy) is 2. The van der Waals surface area contributed by atoms with Gasteiger partial charge in [-0.05, 0) is 30.5 Å². The van der Waals surface area contributed by atoms with E-state index in [0.29, 0.717) is 17.4 Å². The van der Waals surface area contributed by atoms with Crippen molar-refractivity contribution < 1.29 is 9.47 Å². The number of nitriles is 1. The molecule has 4 heteroatoms. The summed E-state index contributed by atoms with van der Waals surface area (Å²) in [6.07, 6.45) is 2.79. The van der Waals surface area contributed by atoms with Gasteiger partial charge >= 0.3 is 0 Å². The first-order valence-electron chi connectivity index (χ1n) is 6.10. The average molecular weight is 263 g/mol. The second-order valence-electron chi connectivity index (χ2n) is 4.30. The molecule has 0 spiro atoms. The lowest BCUT2D eigenvalue weighted by Crippen LogP contribution is -2.07. The zero-order valence-corrected chi connectivity index (χ0v) is 11.3. The van der Waals surface area contributed by atoms with E-state index in [0.717, 1.165) is 23.7 Å². The van der Waals surface area contributed by atoms with Crippen LogP contribution in [0.4, 0.5) is 0 Å². The lowest BCUT2D eigenvalue weighted by molar-refractivity contribution is 0.129. The smallest absolute Gasteiger partial charge is 0.136 e. The molecule has 1 unspecified atom stereocenters. The minimum Gasteiger partial charge on any atom is -0.495 e. The van der Waals surface area contributed by atoms with Crippen LogP contribution in [0, 0.1) is 11.3 Å². The molecule has 0 aromatic heterocycles. The molecule has 18 heavy (non-hydrogen) atoms. The number of nitrogens with zero attached hydrogens (tertiary/aromatic N) is 1.